The highest BCUT2D eigenvalue weighted by Crippen LogP contribution is 2.22. The number of carbonyl (C=O) groups is 2. The number of para-hydroxylation sites is 1. The van der Waals surface area contributed by atoms with Crippen molar-refractivity contribution in [2.45, 2.75) is 24.7 Å². The van der Waals surface area contributed by atoms with E-state index in [1.54, 1.807) is 17.9 Å². The van der Waals surface area contributed by atoms with E-state index >= 15 is 0 Å². The van der Waals surface area contributed by atoms with Crippen LogP contribution in [0.15, 0.2) is 29.2 Å². The third-order valence-electron chi connectivity index (χ3n) is 3.47. The lowest BCUT2D eigenvalue weighted by Crippen LogP contribution is -2.44. The molecule has 1 fully saturated rings. The molecule has 2 rings (SSSR count). The van der Waals surface area contributed by atoms with Crippen LogP contribution in [0.2, 0.25) is 0 Å². The number of esters is 1. The molecule has 5 nitrogen and oxygen atoms in total. The van der Waals surface area contributed by atoms with Crippen molar-refractivity contribution in [3.05, 3.63) is 24.3 Å². The van der Waals surface area contributed by atoms with Crippen LogP contribution in [-0.4, -0.2) is 36.6 Å². The standard InChI is InChI=1S/C15H20N2O3S/c1-2-20-14(18)11-6-5-9-17(10-11)15(19)16-12-7-3-4-8-13(12)21/h3-4,7-8,11,21H,2,5-6,9-10H2,1H3,(H,16,19). The lowest BCUT2D eigenvalue weighted by molar-refractivity contribution is -0.149. The molecule has 1 aliphatic rings. The Morgan fingerprint density at radius 1 is 1.43 bits per heavy atom. The van der Waals surface area contributed by atoms with E-state index in [0.717, 1.165) is 12.8 Å². The van der Waals surface area contributed by atoms with Crippen molar-refractivity contribution >= 4 is 30.3 Å². The van der Waals surface area contributed by atoms with Gasteiger partial charge in [0.1, 0.15) is 0 Å². The van der Waals surface area contributed by atoms with E-state index in [-0.39, 0.29) is 17.9 Å². The largest absolute Gasteiger partial charge is 0.466 e. The summed E-state index contributed by atoms with van der Waals surface area (Å²) in [5.74, 6) is -0.444. The lowest BCUT2D eigenvalue weighted by Gasteiger charge is -2.31. The summed E-state index contributed by atoms with van der Waals surface area (Å²) in [6, 6.07) is 7.11. The molecule has 2 amide bonds. The number of anilines is 1. The molecule has 0 bridgehead atoms. The summed E-state index contributed by atoms with van der Waals surface area (Å²) in [5, 5.41) is 2.83. The molecule has 114 valence electrons. The molecule has 1 N–H and O–H groups in total. The molecule has 0 saturated carbocycles. The number of ether oxygens (including phenoxy) is 1. The number of likely N-dealkylation sites (tertiary alicyclic amines) is 1. The van der Waals surface area contributed by atoms with E-state index < -0.39 is 0 Å². The van der Waals surface area contributed by atoms with Crippen LogP contribution in [0.5, 0.6) is 0 Å². The predicted molar refractivity (Wildman–Crippen MR) is 83.6 cm³/mol. The summed E-state index contributed by atoms with van der Waals surface area (Å²) >= 11 is 4.31. The van der Waals surface area contributed by atoms with E-state index in [9.17, 15) is 9.59 Å². The van der Waals surface area contributed by atoms with E-state index in [1.165, 1.54) is 0 Å². The lowest BCUT2D eigenvalue weighted by atomic mass is 9.98. The van der Waals surface area contributed by atoms with Gasteiger partial charge in [0.2, 0.25) is 0 Å². The Kier molecular flexibility index (Phi) is 5.50. The van der Waals surface area contributed by atoms with Crippen LogP contribution >= 0.6 is 12.6 Å². The van der Waals surface area contributed by atoms with Crippen LogP contribution < -0.4 is 5.32 Å². The molecular formula is C15H20N2O3S. The van der Waals surface area contributed by atoms with E-state index in [2.05, 4.69) is 17.9 Å². The first-order valence-electron chi connectivity index (χ1n) is 7.12. The average molecular weight is 308 g/mol. The summed E-state index contributed by atoms with van der Waals surface area (Å²) < 4.78 is 5.04. The zero-order valence-corrected chi connectivity index (χ0v) is 12.9. The van der Waals surface area contributed by atoms with Gasteiger partial charge in [0.15, 0.2) is 0 Å². The number of thiol groups is 1. The molecule has 1 aromatic carbocycles. The van der Waals surface area contributed by atoms with E-state index in [0.29, 0.717) is 30.3 Å². The number of rotatable bonds is 3. The van der Waals surface area contributed by atoms with Crippen LogP contribution in [0, 0.1) is 5.92 Å². The van der Waals surface area contributed by atoms with Gasteiger partial charge in [-0.1, -0.05) is 12.1 Å². The van der Waals surface area contributed by atoms with Gasteiger partial charge in [-0.25, -0.2) is 4.79 Å². The van der Waals surface area contributed by atoms with Gasteiger partial charge in [0, 0.05) is 18.0 Å². The van der Waals surface area contributed by atoms with Gasteiger partial charge in [-0.15, -0.1) is 12.6 Å². The fraction of sp³-hybridized carbons (Fsp3) is 0.467. The Bertz CT molecular complexity index is 521. The quantitative estimate of drug-likeness (QED) is 0.667. The zero-order chi connectivity index (χ0) is 15.2. The first kappa shape index (κ1) is 15.7. The van der Waals surface area contributed by atoms with Crippen molar-refractivity contribution in [1.82, 2.24) is 4.90 Å². The Morgan fingerprint density at radius 2 is 2.19 bits per heavy atom. The number of piperidine rings is 1. The van der Waals surface area contributed by atoms with Crippen LogP contribution in [0.4, 0.5) is 10.5 Å². The van der Waals surface area contributed by atoms with Gasteiger partial charge in [0.05, 0.1) is 18.2 Å². The van der Waals surface area contributed by atoms with E-state index in [4.69, 9.17) is 4.74 Å². The fourth-order valence-electron chi connectivity index (χ4n) is 2.39. The summed E-state index contributed by atoms with van der Waals surface area (Å²) in [6.07, 6.45) is 1.57. The number of urea groups is 1. The second-order valence-corrected chi connectivity index (χ2v) is 5.47. The third-order valence-corrected chi connectivity index (χ3v) is 3.86. The smallest absolute Gasteiger partial charge is 0.321 e. The number of amides is 2. The van der Waals surface area contributed by atoms with Crippen molar-refractivity contribution in [2.24, 2.45) is 5.92 Å². The second-order valence-electron chi connectivity index (χ2n) is 4.98. The minimum atomic E-state index is -0.226. The minimum absolute atomic E-state index is 0.203. The van der Waals surface area contributed by atoms with Crippen molar-refractivity contribution in [2.75, 3.05) is 25.0 Å². The Balaban J connectivity index is 1.96. The van der Waals surface area contributed by atoms with Gasteiger partial charge < -0.3 is 15.0 Å². The molecule has 1 atom stereocenters. The Hall–Kier alpha value is -1.69. The van der Waals surface area contributed by atoms with Crippen molar-refractivity contribution in [3.8, 4) is 0 Å². The molecule has 21 heavy (non-hydrogen) atoms. The molecule has 0 aliphatic carbocycles. The van der Waals surface area contributed by atoms with E-state index in [1.807, 2.05) is 18.2 Å². The number of benzene rings is 1. The topological polar surface area (TPSA) is 58.6 Å². The molecule has 0 radical (unpaired) electrons. The number of nitrogens with zero attached hydrogens (tertiary/aromatic N) is 1. The van der Waals surface area contributed by atoms with Gasteiger partial charge >= 0.3 is 12.0 Å². The van der Waals surface area contributed by atoms with Crippen molar-refractivity contribution in [1.29, 1.82) is 0 Å². The minimum Gasteiger partial charge on any atom is -0.466 e. The van der Waals surface area contributed by atoms with Crippen LogP contribution in [0.1, 0.15) is 19.8 Å². The predicted octanol–water partition coefficient (Wildman–Crippen LogP) is 2.78. The SMILES string of the molecule is CCOC(=O)C1CCCN(C(=O)Nc2ccccc2S)C1. The molecule has 1 heterocycles. The number of hydrogen-bond donors (Lipinski definition) is 2. The second kappa shape index (κ2) is 7.36. The molecule has 1 aliphatic heterocycles. The Labute approximate surface area is 130 Å². The number of carbonyl (C=O) groups excluding carboxylic acids is 2. The first-order chi connectivity index (χ1) is 10.1. The summed E-state index contributed by atoms with van der Waals surface area (Å²) in [7, 11) is 0. The highest BCUT2D eigenvalue weighted by atomic mass is 32.1. The third kappa shape index (κ3) is 4.14. The molecule has 1 aromatic rings. The monoisotopic (exact) mass is 308 g/mol. The molecule has 1 saturated heterocycles. The summed E-state index contributed by atoms with van der Waals surface area (Å²) in [4.78, 5) is 26.4. The van der Waals surface area contributed by atoms with Gasteiger partial charge in [-0.2, -0.15) is 0 Å². The maximum atomic E-state index is 12.3. The van der Waals surface area contributed by atoms with Crippen LogP contribution in [0.3, 0.4) is 0 Å². The molecule has 1 unspecified atom stereocenters. The maximum Gasteiger partial charge on any atom is 0.321 e. The first-order valence-corrected chi connectivity index (χ1v) is 7.57. The van der Waals surface area contributed by atoms with Crippen molar-refractivity contribution in [3.63, 3.8) is 0 Å². The fourth-order valence-corrected chi connectivity index (χ4v) is 2.60. The van der Waals surface area contributed by atoms with Crippen molar-refractivity contribution < 1.29 is 14.3 Å². The maximum absolute atomic E-state index is 12.3. The number of hydrogen-bond acceptors (Lipinski definition) is 4. The molecule has 0 spiro atoms. The van der Waals surface area contributed by atoms with Gasteiger partial charge in [-0.3, -0.25) is 4.79 Å². The summed E-state index contributed by atoms with van der Waals surface area (Å²) in [6.45, 7) is 3.21. The van der Waals surface area contributed by atoms with Crippen LogP contribution in [-0.2, 0) is 9.53 Å². The summed E-state index contributed by atoms with van der Waals surface area (Å²) in [5.41, 5.74) is 0.670. The number of nitrogens with one attached hydrogen (secondary N) is 1. The van der Waals surface area contributed by atoms with Crippen LogP contribution in [0.25, 0.3) is 0 Å². The average Bonchev–Trinajstić information content (AvgIpc) is 2.50. The molecular weight excluding hydrogens is 288 g/mol. The highest BCUT2D eigenvalue weighted by Gasteiger charge is 2.29. The van der Waals surface area contributed by atoms with Gasteiger partial charge in [0.25, 0.3) is 0 Å². The Morgan fingerprint density at radius 3 is 2.90 bits per heavy atom. The highest BCUT2D eigenvalue weighted by molar-refractivity contribution is 7.80. The molecule has 6 heteroatoms. The van der Waals surface area contributed by atoms with Gasteiger partial charge in [-0.05, 0) is 31.9 Å². The molecule has 0 aromatic heterocycles. The normalized spacial score (nSPS) is 18.2. The zero-order valence-electron chi connectivity index (χ0n) is 12.0.